The molecule has 1 unspecified atom stereocenters. The average molecular weight is 692 g/mol. The van der Waals surface area contributed by atoms with Gasteiger partial charge in [0, 0.05) is 10.4 Å². The number of hydrogen-bond acceptors (Lipinski definition) is 9. The summed E-state index contributed by atoms with van der Waals surface area (Å²) in [6, 6.07) is 15.4. The van der Waals surface area contributed by atoms with Gasteiger partial charge < -0.3 is 24.1 Å². The summed E-state index contributed by atoms with van der Waals surface area (Å²) in [5.74, 6) is -0.643. The lowest BCUT2D eigenvalue weighted by atomic mass is 10.1. The second-order valence-electron chi connectivity index (χ2n) is 13.8. The van der Waals surface area contributed by atoms with Crippen molar-refractivity contribution < 1.29 is 33.4 Å². The van der Waals surface area contributed by atoms with Crippen LogP contribution in [0.3, 0.4) is 0 Å². The molecule has 0 radical (unpaired) electrons. The summed E-state index contributed by atoms with van der Waals surface area (Å²) >= 11 is 1.57. The van der Waals surface area contributed by atoms with Crippen molar-refractivity contribution in [2.24, 2.45) is 5.92 Å². The van der Waals surface area contributed by atoms with E-state index in [0.717, 1.165) is 16.0 Å². The van der Waals surface area contributed by atoms with Gasteiger partial charge in [0.1, 0.15) is 29.7 Å². The summed E-state index contributed by atoms with van der Waals surface area (Å²) in [5.41, 5.74) is 4.04. The van der Waals surface area contributed by atoms with Gasteiger partial charge in [-0.3, -0.25) is 4.79 Å². The Morgan fingerprint density at radius 2 is 1.61 bits per heavy atom. The molecule has 2 N–H and O–H groups in total. The van der Waals surface area contributed by atoms with Crippen LogP contribution >= 0.6 is 11.3 Å². The fraction of sp³-hybridized carbons (Fsp3) is 0.417. The third-order valence-electron chi connectivity index (χ3n) is 7.05. The number of thiophene rings is 1. The van der Waals surface area contributed by atoms with E-state index in [-0.39, 0.29) is 18.1 Å². The predicted octanol–water partition coefficient (Wildman–Crippen LogP) is 7.25. The maximum Gasteiger partial charge on any atom is 0.427 e. The number of nitrogens with one attached hydrogen (secondary N) is 2. The van der Waals surface area contributed by atoms with E-state index in [1.54, 1.807) is 91.0 Å². The van der Waals surface area contributed by atoms with Crippen molar-refractivity contribution in [3.63, 3.8) is 0 Å². The zero-order valence-electron chi connectivity index (χ0n) is 29.5. The molecule has 13 heteroatoms. The Labute approximate surface area is 290 Å². The number of fused-ring (bicyclic) bond motifs is 1. The highest BCUT2D eigenvalue weighted by atomic mass is 32.1. The summed E-state index contributed by atoms with van der Waals surface area (Å²) in [6.45, 7) is 16.2. The Kier molecular flexibility index (Phi) is 11.4. The second-order valence-corrected chi connectivity index (χ2v) is 14.8. The first-order valence-electron chi connectivity index (χ1n) is 16.0. The van der Waals surface area contributed by atoms with Crippen molar-refractivity contribution >= 4 is 52.1 Å². The molecule has 0 bridgehead atoms. The minimum atomic E-state index is -0.882. The average Bonchev–Trinajstić information content (AvgIpc) is 3.64. The maximum atomic E-state index is 14.0. The van der Waals surface area contributed by atoms with Crippen LogP contribution in [0.1, 0.15) is 71.6 Å². The number of benzene rings is 2. The van der Waals surface area contributed by atoms with Crippen LogP contribution < -0.4 is 15.8 Å². The third-order valence-corrected chi connectivity index (χ3v) is 7.97. The Bertz CT molecular complexity index is 1800. The SMILES string of the molecule is Cc1nc2cc(C(=O)N(NC(=O)OC(C)(C)C)c3cccc(-c4cccs4)c3)ccc2n1CCOC(=O)C(NC(=O)OC(C)(C)C)C(C)C. The van der Waals surface area contributed by atoms with E-state index in [0.29, 0.717) is 23.6 Å². The quantitative estimate of drug-likeness (QED) is 0.106. The first kappa shape index (κ1) is 36.9. The first-order chi connectivity index (χ1) is 22.9. The molecule has 49 heavy (non-hydrogen) atoms. The normalized spacial score (nSPS) is 12.4. The van der Waals surface area contributed by atoms with Gasteiger partial charge >= 0.3 is 18.2 Å². The minimum Gasteiger partial charge on any atom is -0.462 e. The number of hydrazine groups is 1. The molecule has 3 amide bonds. The molecule has 4 rings (SSSR count). The van der Waals surface area contributed by atoms with Gasteiger partial charge in [-0.1, -0.05) is 32.0 Å². The predicted molar refractivity (Wildman–Crippen MR) is 189 cm³/mol. The van der Waals surface area contributed by atoms with Crippen LogP contribution in [0.2, 0.25) is 0 Å². The fourth-order valence-electron chi connectivity index (χ4n) is 4.92. The molecule has 0 aliphatic rings. The molecule has 0 spiro atoms. The van der Waals surface area contributed by atoms with Gasteiger partial charge in [0.25, 0.3) is 5.91 Å². The van der Waals surface area contributed by atoms with E-state index >= 15 is 0 Å². The minimum absolute atomic E-state index is 0.0270. The number of aryl methyl sites for hydroxylation is 1. The Morgan fingerprint density at radius 1 is 0.918 bits per heavy atom. The van der Waals surface area contributed by atoms with Crippen molar-refractivity contribution in [3.05, 3.63) is 71.4 Å². The molecule has 12 nitrogen and oxygen atoms in total. The number of anilines is 1. The molecule has 2 aromatic carbocycles. The molecule has 0 fully saturated rings. The molecule has 0 saturated carbocycles. The number of imidazole rings is 1. The number of carbonyl (C=O) groups is 4. The molecule has 4 aromatic rings. The van der Waals surface area contributed by atoms with Crippen molar-refractivity contribution in [3.8, 4) is 10.4 Å². The van der Waals surface area contributed by atoms with E-state index < -0.39 is 41.3 Å². The Balaban J connectivity index is 1.53. The van der Waals surface area contributed by atoms with Gasteiger partial charge in [0.05, 0.1) is 23.3 Å². The Morgan fingerprint density at radius 3 is 2.24 bits per heavy atom. The van der Waals surface area contributed by atoms with Crippen LogP contribution in [-0.2, 0) is 25.5 Å². The number of nitrogens with zero attached hydrogens (tertiary/aromatic N) is 3. The summed E-state index contributed by atoms with van der Waals surface area (Å²) in [6.07, 6.45) is -1.47. The molecule has 2 heterocycles. The van der Waals surface area contributed by atoms with Crippen LogP contribution in [-0.4, -0.2) is 57.5 Å². The van der Waals surface area contributed by atoms with Crippen molar-refractivity contribution in [2.45, 2.75) is 86.1 Å². The van der Waals surface area contributed by atoms with E-state index in [2.05, 4.69) is 15.7 Å². The fourth-order valence-corrected chi connectivity index (χ4v) is 5.64. The van der Waals surface area contributed by atoms with Gasteiger partial charge in [-0.05, 0) is 102 Å². The molecule has 0 aliphatic carbocycles. The van der Waals surface area contributed by atoms with Crippen molar-refractivity contribution in [2.75, 3.05) is 11.6 Å². The monoisotopic (exact) mass is 691 g/mol. The van der Waals surface area contributed by atoms with Gasteiger partial charge in [0.2, 0.25) is 0 Å². The Hall–Kier alpha value is -4.91. The zero-order chi connectivity index (χ0) is 36.1. The lowest BCUT2D eigenvalue weighted by Crippen LogP contribution is -2.48. The van der Waals surface area contributed by atoms with Crippen molar-refractivity contribution in [1.29, 1.82) is 0 Å². The lowest BCUT2D eigenvalue weighted by molar-refractivity contribution is -0.147. The maximum absolute atomic E-state index is 14.0. The van der Waals surface area contributed by atoms with Crippen LogP contribution in [0.4, 0.5) is 15.3 Å². The summed E-state index contributed by atoms with van der Waals surface area (Å²) in [4.78, 5) is 57.8. The highest BCUT2D eigenvalue weighted by molar-refractivity contribution is 7.13. The van der Waals surface area contributed by atoms with Gasteiger partial charge in [-0.25, -0.2) is 29.8 Å². The number of carbonyl (C=O) groups excluding carboxylic acids is 4. The first-order valence-corrected chi connectivity index (χ1v) is 16.9. The van der Waals surface area contributed by atoms with Gasteiger partial charge in [-0.15, -0.1) is 11.3 Å². The molecule has 2 aromatic heterocycles. The van der Waals surface area contributed by atoms with E-state index in [1.807, 2.05) is 47.2 Å². The standard InChI is InChI=1S/C36H45N5O7S/c1-22(2)30(38-33(44)47-35(4,5)6)32(43)46-18-17-40-23(3)37-27-21-25(15-16-28(27)40)31(42)41(39-34(45)48-36(7,8)9)26-13-10-12-24(20-26)29-14-11-19-49-29/h10-16,19-22,30H,17-18H2,1-9H3,(H,38,44)(H,39,45). The number of hydrogen-bond donors (Lipinski definition) is 2. The highest BCUT2D eigenvalue weighted by Crippen LogP contribution is 2.29. The van der Waals surface area contributed by atoms with E-state index in [9.17, 15) is 19.2 Å². The van der Waals surface area contributed by atoms with Gasteiger partial charge in [-0.2, -0.15) is 0 Å². The van der Waals surface area contributed by atoms with E-state index in [4.69, 9.17) is 14.2 Å². The number of alkyl carbamates (subject to hydrolysis) is 1. The number of rotatable bonds is 9. The molecule has 262 valence electrons. The van der Waals surface area contributed by atoms with Gasteiger partial charge in [0.15, 0.2) is 0 Å². The van der Waals surface area contributed by atoms with Crippen LogP contribution in [0, 0.1) is 12.8 Å². The van der Waals surface area contributed by atoms with Crippen LogP contribution in [0.25, 0.3) is 21.5 Å². The summed E-state index contributed by atoms with van der Waals surface area (Å²) in [5, 5.41) is 5.75. The van der Waals surface area contributed by atoms with Crippen LogP contribution in [0.15, 0.2) is 60.0 Å². The number of ether oxygens (including phenoxy) is 3. The number of esters is 1. The summed E-state index contributed by atoms with van der Waals surface area (Å²) < 4.78 is 18.2. The molecular formula is C36H45N5O7S. The largest absolute Gasteiger partial charge is 0.462 e. The topological polar surface area (TPSA) is 141 Å². The number of aromatic nitrogens is 2. The lowest BCUT2D eigenvalue weighted by Gasteiger charge is -2.26. The zero-order valence-corrected chi connectivity index (χ0v) is 30.3. The smallest absolute Gasteiger partial charge is 0.427 e. The molecular weight excluding hydrogens is 646 g/mol. The summed E-state index contributed by atoms with van der Waals surface area (Å²) in [7, 11) is 0. The van der Waals surface area contributed by atoms with E-state index in [1.165, 1.54) is 5.01 Å². The molecule has 0 aliphatic heterocycles. The highest BCUT2D eigenvalue weighted by Gasteiger charge is 2.29. The second kappa shape index (κ2) is 15.1. The van der Waals surface area contributed by atoms with Crippen LogP contribution in [0.5, 0.6) is 0 Å². The molecule has 1 atom stereocenters. The third kappa shape index (κ3) is 10.0. The van der Waals surface area contributed by atoms with Crippen molar-refractivity contribution in [1.82, 2.24) is 20.3 Å². The number of amides is 3. The molecule has 0 saturated heterocycles.